The van der Waals surface area contributed by atoms with Crippen LogP contribution in [0.3, 0.4) is 0 Å². The van der Waals surface area contributed by atoms with Crippen LogP contribution in [0.1, 0.15) is 65.7 Å². The lowest BCUT2D eigenvalue weighted by molar-refractivity contribution is 0.0532. The second-order valence-electron chi connectivity index (χ2n) is 7.85. The molecule has 1 aliphatic carbocycles. The highest BCUT2D eigenvalue weighted by Crippen LogP contribution is 2.29. The minimum Gasteiger partial charge on any atom is -0.381 e. The molecule has 2 fully saturated rings. The molecule has 130 valence electrons. The largest absolute Gasteiger partial charge is 0.381 e. The van der Waals surface area contributed by atoms with Gasteiger partial charge in [-0.25, -0.2) is 0 Å². The number of hydrogen-bond acceptors (Lipinski definition) is 3. The van der Waals surface area contributed by atoms with Crippen molar-refractivity contribution in [1.29, 1.82) is 0 Å². The van der Waals surface area contributed by atoms with E-state index in [-0.39, 0.29) is 0 Å². The maximum atomic E-state index is 5.47. The van der Waals surface area contributed by atoms with Crippen LogP contribution in [0.4, 0.5) is 0 Å². The van der Waals surface area contributed by atoms with Crippen molar-refractivity contribution in [2.24, 2.45) is 5.92 Å². The van der Waals surface area contributed by atoms with E-state index in [0.29, 0.717) is 12.1 Å². The fraction of sp³-hybridized carbons (Fsp3) is 1.00. The Balaban J connectivity index is 1.56. The van der Waals surface area contributed by atoms with Crippen LogP contribution in [0.15, 0.2) is 0 Å². The van der Waals surface area contributed by atoms with Crippen molar-refractivity contribution in [1.82, 2.24) is 9.80 Å². The molecule has 2 rings (SSSR count). The smallest absolute Gasteiger partial charge is 0.0571 e. The number of unbranched alkanes of at least 4 members (excludes halogenated alkanes) is 1. The second kappa shape index (κ2) is 9.24. The zero-order valence-corrected chi connectivity index (χ0v) is 15.4. The summed E-state index contributed by atoms with van der Waals surface area (Å²) >= 11 is 0. The summed E-state index contributed by atoms with van der Waals surface area (Å²) in [5.41, 5.74) is 0. The zero-order valence-electron chi connectivity index (χ0n) is 15.4. The van der Waals surface area contributed by atoms with Crippen LogP contribution in [0.5, 0.6) is 0 Å². The molecule has 3 heteroatoms. The van der Waals surface area contributed by atoms with Crippen LogP contribution in [0.25, 0.3) is 0 Å². The lowest BCUT2D eigenvalue weighted by Gasteiger charge is -2.41. The second-order valence-corrected chi connectivity index (χ2v) is 7.85. The first-order valence-corrected chi connectivity index (χ1v) is 9.61. The Labute approximate surface area is 138 Å². The van der Waals surface area contributed by atoms with E-state index in [9.17, 15) is 0 Å². The molecule has 22 heavy (non-hydrogen) atoms. The van der Waals surface area contributed by atoms with Crippen LogP contribution in [-0.4, -0.2) is 61.3 Å². The molecule has 0 amide bonds. The molecule has 1 unspecified atom stereocenters. The highest BCUT2D eigenvalue weighted by Gasteiger charge is 2.25. The van der Waals surface area contributed by atoms with Crippen LogP contribution in [0, 0.1) is 5.92 Å². The Kier molecular flexibility index (Phi) is 7.66. The fourth-order valence-electron chi connectivity index (χ4n) is 4.23. The quantitative estimate of drug-likeness (QED) is 0.666. The SMILES string of the molecule is COC1CCC(CCCCN2CCN(C(C)C)CC2C)CC1. The van der Waals surface area contributed by atoms with Gasteiger partial charge in [-0.3, -0.25) is 9.80 Å². The van der Waals surface area contributed by atoms with E-state index in [1.54, 1.807) is 0 Å². The molecule has 1 saturated carbocycles. The van der Waals surface area contributed by atoms with Crippen molar-refractivity contribution in [3.63, 3.8) is 0 Å². The molecule has 1 atom stereocenters. The highest BCUT2D eigenvalue weighted by molar-refractivity contribution is 4.81. The molecule has 2 aliphatic rings. The van der Waals surface area contributed by atoms with Gasteiger partial charge in [0.15, 0.2) is 0 Å². The lowest BCUT2D eigenvalue weighted by Crippen LogP contribution is -2.53. The van der Waals surface area contributed by atoms with Crippen molar-refractivity contribution in [2.75, 3.05) is 33.3 Å². The molecule has 0 radical (unpaired) electrons. The Hall–Kier alpha value is -0.120. The van der Waals surface area contributed by atoms with Gasteiger partial charge in [0.25, 0.3) is 0 Å². The van der Waals surface area contributed by atoms with Crippen LogP contribution >= 0.6 is 0 Å². The molecular weight excluding hydrogens is 272 g/mol. The van der Waals surface area contributed by atoms with E-state index in [4.69, 9.17) is 4.74 Å². The lowest BCUT2D eigenvalue weighted by atomic mass is 9.84. The van der Waals surface area contributed by atoms with Gasteiger partial charge in [0.1, 0.15) is 0 Å². The molecule has 0 aromatic heterocycles. The van der Waals surface area contributed by atoms with E-state index in [2.05, 4.69) is 30.6 Å². The predicted molar refractivity (Wildman–Crippen MR) is 94.4 cm³/mol. The molecule has 0 aromatic carbocycles. The van der Waals surface area contributed by atoms with E-state index in [1.807, 2.05) is 7.11 Å². The third-order valence-corrected chi connectivity index (χ3v) is 5.96. The Morgan fingerprint density at radius 3 is 2.36 bits per heavy atom. The Morgan fingerprint density at radius 1 is 1.05 bits per heavy atom. The van der Waals surface area contributed by atoms with Gasteiger partial charge < -0.3 is 4.74 Å². The minimum atomic E-state index is 0.550. The molecule has 1 saturated heterocycles. The number of nitrogens with zero attached hydrogens (tertiary/aromatic N) is 2. The van der Waals surface area contributed by atoms with Gasteiger partial charge in [-0.15, -0.1) is 0 Å². The van der Waals surface area contributed by atoms with E-state index in [0.717, 1.165) is 12.0 Å². The molecular formula is C19H38N2O. The average Bonchev–Trinajstić information content (AvgIpc) is 2.53. The highest BCUT2D eigenvalue weighted by atomic mass is 16.5. The van der Waals surface area contributed by atoms with Crippen LogP contribution in [-0.2, 0) is 4.74 Å². The first-order valence-electron chi connectivity index (χ1n) is 9.61. The van der Waals surface area contributed by atoms with E-state index in [1.165, 1.54) is 71.1 Å². The van der Waals surface area contributed by atoms with Gasteiger partial charge in [-0.2, -0.15) is 0 Å². The van der Waals surface area contributed by atoms with Crippen molar-refractivity contribution in [3.8, 4) is 0 Å². The van der Waals surface area contributed by atoms with Gasteiger partial charge in [0.2, 0.25) is 0 Å². The summed E-state index contributed by atoms with van der Waals surface area (Å²) in [4.78, 5) is 5.33. The van der Waals surface area contributed by atoms with Gasteiger partial charge in [-0.05, 0) is 65.3 Å². The van der Waals surface area contributed by atoms with Crippen molar-refractivity contribution in [2.45, 2.75) is 83.9 Å². The topological polar surface area (TPSA) is 15.7 Å². The third kappa shape index (κ3) is 5.50. The summed E-state index contributed by atoms with van der Waals surface area (Å²) in [5.74, 6) is 0.974. The average molecular weight is 311 g/mol. The third-order valence-electron chi connectivity index (χ3n) is 5.96. The summed E-state index contributed by atoms with van der Waals surface area (Å²) < 4.78 is 5.47. The number of rotatable bonds is 7. The van der Waals surface area contributed by atoms with Gasteiger partial charge >= 0.3 is 0 Å². The Morgan fingerprint density at radius 2 is 1.77 bits per heavy atom. The fourth-order valence-corrected chi connectivity index (χ4v) is 4.23. The van der Waals surface area contributed by atoms with Gasteiger partial charge in [-0.1, -0.05) is 12.8 Å². The van der Waals surface area contributed by atoms with Crippen molar-refractivity contribution >= 4 is 0 Å². The normalized spacial score (nSPS) is 31.8. The number of hydrogen-bond donors (Lipinski definition) is 0. The number of ether oxygens (including phenoxy) is 1. The van der Waals surface area contributed by atoms with Crippen LogP contribution in [0.2, 0.25) is 0 Å². The van der Waals surface area contributed by atoms with Gasteiger partial charge in [0.05, 0.1) is 6.10 Å². The summed E-state index contributed by atoms with van der Waals surface area (Å²) in [6.07, 6.45) is 10.1. The molecule has 1 aliphatic heterocycles. The van der Waals surface area contributed by atoms with Crippen molar-refractivity contribution in [3.05, 3.63) is 0 Å². The minimum absolute atomic E-state index is 0.550. The standard InChI is InChI=1S/C19H38N2O/c1-16(2)21-14-13-20(17(3)15-21)12-6-5-7-18-8-10-19(22-4)11-9-18/h16-19H,5-15H2,1-4H3. The maximum absolute atomic E-state index is 5.47. The molecule has 1 heterocycles. The predicted octanol–water partition coefficient (Wildman–Crippen LogP) is 3.78. The summed E-state index contributed by atoms with van der Waals surface area (Å²) in [6.45, 7) is 12.1. The van der Waals surface area contributed by atoms with E-state index >= 15 is 0 Å². The summed E-state index contributed by atoms with van der Waals surface area (Å²) in [6, 6.07) is 1.43. The van der Waals surface area contributed by atoms with E-state index < -0.39 is 0 Å². The number of methoxy groups -OCH3 is 1. The molecule has 0 bridgehead atoms. The maximum Gasteiger partial charge on any atom is 0.0571 e. The van der Waals surface area contributed by atoms with Crippen molar-refractivity contribution < 1.29 is 4.74 Å². The first-order chi connectivity index (χ1) is 10.6. The first kappa shape index (κ1) is 18.2. The molecule has 0 spiro atoms. The Bertz CT molecular complexity index is 300. The summed E-state index contributed by atoms with van der Waals surface area (Å²) in [7, 11) is 1.87. The van der Waals surface area contributed by atoms with Gasteiger partial charge in [0, 0.05) is 38.8 Å². The monoisotopic (exact) mass is 310 g/mol. The molecule has 3 nitrogen and oxygen atoms in total. The zero-order chi connectivity index (χ0) is 15.9. The molecule has 0 aromatic rings. The molecule has 0 N–H and O–H groups in total. The van der Waals surface area contributed by atoms with Crippen LogP contribution < -0.4 is 0 Å². The summed E-state index contributed by atoms with van der Waals surface area (Å²) in [5, 5.41) is 0. The number of piperazine rings is 1.